The first-order valence-electron chi connectivity index (χ1n) is 7.02. The van der Waals surface area contributed by atoms with Crippen LogP contribution < -0.4 is 11.1 Å². The van der Waals surface area contributed by atoms with Crippen molar-refractivity contribution in [1.82, 2.24) is 10.2 Å². The highest BCUT2D eigenvalue weighted by atomic mass is 79.9. The highest BCUT2D eigenvalue weighted by molar-refractivity contribution is 9.10. The second-order valence-corrected chi connectivity index (χ2v) is 6.13. The monoisotopic (exact) mass is 379 g/mol. The fourth-order valence-corrected chi connectivity index (χ4v) is 2.31. The first-order valence-corrected chi connectivity index (χ1v) is 7.81. The van der Waals surface area contributed by atoms with E-state index >= 15 is 0 Å². The van der Waals surface area contributed by atoms with Crippen LogP contribution in [0.3, 0.4) is 0 Å². The summed E-state index contributed by atoms with van der Waals surface area (Å²) in [5, 5.41) is 2.07. The Labute approximate surface area is 142 Å². The molecule has 2 aromatic rings. The third kappa shape index (κ3) is 4.67. The largest absolute Gasteiger partial charge is 0.460 e. The van der Waals surface area contributed by atoms with E-state index in [0.717, 1.165) is 21.6 Å². The minimum absolute atomic E-state index is 0.434. The van der Waals surface area contributed by atoms with Crippen LogP contribution in [0, 0.1) is 0 Å². The number of carbonyl (C=O) groups is 2. The van der Waals surface area contributed by atoms with Gasteiger partial charge in [0.25, 0.3) is 0 Å². The van der Waals surface area contributed by atoms with Crippen LogP contribution >= 0.6 is 15.9 Å². The number of furan rings is 1. The molecule has 6 nitrogen and oxygen atoms in total. The maximum absolute atomic E-state index is 11.8. The number of nitrogens with two attached hydrogens (primary N) is 1. The van der Waals surface area contributed by atoms with Gasteiger partial charge in [-0.3, -0.25) is 15.0 Å². The quantitative estimate of drug-likeness (QED) is 0.835. The van der Waals surface area contributed by atoms with E-state index in [4.69, 9.17) is 10.2 Å². The predicted molar refractivity (Wildman–Crippen MR) is 90.5 cm³/mol. The van der Waals surface area contributed by atoms with Crippen LogP contribution in [-0.4, -0.2) is 29.9 Å². The summed E-state index contributed by atoms with van der Waals surface area (Å²) in [5.74, 6) is 1.04. The van der Waals surface area contributed by atoms with Gasteiger partial charge in [0.2, 0.25) is 5.91 Å². The molecule has 0 unspecified atom stereocenters. The van der Waals surface area contributed by atoms with Gasteiger partial charge in [0.15, 0.2) is 0 Å². The third-order valence-electron chi connectivity index (χ3n) is 3.48. The zero-order valence-corrected chi connectivity index (χ0v) is 14.5. The summed E-state index contributed by atoms with van der Waals surface area (Å²) in [6.07, 6.45) is 0. The molecule has 7 heteroatoms. The Hall–Kier alpha value is -2.12. The summed E-state index contributed by atoms with van der Waals surface area (Å²) >= 11 is 3.39. The van der Waals surface area contributed by atoms with Crippen molar-refractivity contribution in [1.29, 1.82) is 0 Å². The Bertz CT molecular complexity index is 697. The molecule has 0 bridgehead atoms. The fraction of sp³-hybridized carbons (Fsp3) is 0.250. The number of urea groups is 1. The summed E-state index contributed by atoms with van der Waals surface area (Å²) < 4.78 is 6.81. The number of imide groups is 1. The van der Waals surface area contributed by atoms with Crippen molar-refractivity contribution in [3.05, 3.63) is 46.6 Å². The molecule has 3 amide bonds. The minimum Gasteiger partial charge on any atom is -0.460 e. The molecule has 2 rings (SSSR count). The zero-order valence-electron chi connectivity index (χ0n) is 12.9. The molecule has 1 heterocycles. The predicted octanol–water partition coefficient (Wildman–Crippen LogP) is 2.72. The van der Waals surface area contributed by atoms with Gasteiger partial charge in [0.1, 0.15) is 11.5 Å². The summed E-state index contributed by atoms with van der Waals surface area (Å²) in [6.45, 7) is 2.13. The third-order valence-corrected chi connectivity index (χ3v) is 4.01. The number of nitrogens with one attached hydrogen (secondary N) is 1. The SMILES string of the molecule is C[C@@H](C(=O)NC(N)=O)N(C)Cc1ccc(-c2ccc(Br)cc2)o1. The topological polar surface area (TPSA) is 88.6 Å². The van der Waals surface area contributed by atoms with Gasteiger partial charge < -0.3 is 10.2 Å². The lowest BCUT2D eigenvalue weighted by Gasteiger charge is -2.22. The van der Waals surface area contributed by atoms with E-state index in [-0.39, 0.29) is 0 Å². The van der Waals surface area contributed by atoms with Crippen molar-refractivity contribution in [2.24, 2.45) is 5.73 Å². The van der Waals surface area contributed by atoms with Crippen LogP contribution in [0.4, 0.5) is 4.79 Å². The molecule has 0 saturated carbocycles. The Morgan fingerprint density at radius 2 is 1.91 bits per heavy atom. The van der Waals surface area contributed by atoms with Gasteiger partial charge in [-0.25, -0.2) is 4.79 Å². The highest BCUT2D eigenvalue weighted by Gasteiger charge is 2.20. The van der Waals surface area contributed by atoms with E-state index in [1.54, 1.807) is 18.9 Å². The molecule has 1 aromatic carbocycles. The maximum Gasteiger partial charge on any atom is 0.318 e. The van der Waals surface area contributed by atoms with Gasteiger partial charge in [0.05, 0.1) is 12.6 Å². The maximum atomic E-state index is 11.8. The standard InChI is InChI=1S/C16H18BrN3O3/c1-10(15(21)19-16(18)22)20(2)9-13-7-8-14(23-13)11-3-5-12(17)6-4-11/h3-8,10H,9H2,1-2H3,(H3,18,19,21,22)/t10-/m0/s1. The Morgan fingerprint density at radius 1 is 1.26 bits per heavy atom. The van der Waals surface area contributed by atoms with Crippen molar-refractivity contribution in [3.63, 3.8) is 0 Å². The Balaban J connectivity index is 2.02. The molecule has 0 spiro atoms. The number of halogens is 1. The highest BCUT2D eigenvalue weighted by Crippen LogP contribution is 2.24. The molecular formula is C16H18BrN3O3. The van der Waals surface area contributed by atoms with E-state index < -0.39 is 18.0 Å². The fourth-order valence-electron chi connectivity index (χ4n) is 2.04. The van der Waals surface area contributed by atoms with Crippen LogP contribution in [0.1, 0.15) is 12.7 Å². The molecule has 122 valence electrons. The molecule has 1 aromatic heterocycles. The number of hydrogen-bond donors (Lipinski definition) is 2. The van der Waals surface area contributed by atoms with Crippen LogP contribution in [0.5, 0.6) is 0 Å². The van der Waals surface area contributed by atoms with Crippen molar-refractivity contribution < 1.29 is 14.0 Å². The first-order chi connectivity index (χ1) is 10.9. The molecule has 0 aliphatic carbocycles. The van der Waals surface area contributed by atoms with Crippen LogP contribution in [-0.2, 0) is 11.3 Å². The zero-order chi connectivity index (χ0) is 17.0. The van der Waals surface area contributed by atoms with Crippen LogP contribution in [0.15, 0.2) is 45.3 Å². The van der Waals surface area contributed by atoms with Crippen LogP contribution in [0.2, 0.25) is 0 Å². The lowest BCUT2D eigenvalue weighted by atomic mass is 10.2. The average molecular weight is 380 g/mol. The summed E-state index contributed by atoms with van der Waals surface area (Å²) in [4.78, 5) is 24.3. The Kier molecular flexibility index (Phi) is 5.57. The van der Waals surface area contributed by atoms with Gasteiger partial charge in [0, 0.05) is 10.0 Å². The number of primary amides is 1. The van der Waals surface area contributed by atoms with Gasteiger partial charge in [-0.1, -0.05) is 28.1 Å². The number of hydrogen-bond acceptors (Lipinski definition) is 4. The molecule has 0 aliphatic heterocycles. The number of amides is 3. The van der Waals surface area contributed by atoms with Crippen molar-refractivity contribution >= 4 is 27.9 Å². The van der Waals surface area contributed by atoms with Crippen molar-refractivity contribution in [2.45, 2.75) is 19.5 Å². The van der Waals surface area contributed by atoms with E-state index in [1.807, 2.05) is 36.4 Å². The molecule has 0 radical (unpaired) electrons. The van der Waals surface area contributed by atoms with Gasteiger partial charge in [-0.2, -0.15) is 0 Å². The molecule has 0 fully saturated rings. The lowest BCUT2D eigenvalue weighted by Crippen LogP contribution is -2.46. The second kappa shape index (κ2) is 7.43. The van der Waals surface area contributed by atoms with Gasteiger partial charge in [-0.05, 0) is 38.2 Å². The number of nitrogens with zero attached hydrogens (tertiary/aromatic N) is 1. The molecule has 3 N–H and O–H groups in total. The summed E-state index contributed by atoms with van der Waals surface area (Å²) in [7, 11) is 1.77. The second-order valence-electron chi connectivity index (χ2n) is 5.22. The minimum atomic E-state index is -0.856. The summed E-state index contributed by atoms with van der Waals surface area (Å²) in [6, 6.07) is 10.2. The molecule has 0 saturated heterocycles. The number of benzene rings is 1. The lowest BCUT2D eigenvalue weighted by molar-refractivity contribution is -0.124. The van der Waals surface area contributed by atoms with E-state index in [2.05, 4.69) is 21.2 Å². The first kappa shape index (κ1) is 17.2. The van der Waals surface area contributed by atoms with Gasteiger partial charge >= 0.3 is 6.03 Å². The number of rotatable bonds is 5. The van der Waals surface area contributed by atoms with Gasteiger partial charge in [-0.15, -0.1) is 0 Å². The molecule has 0 aliphatic rings. The summed E-state index contributed by atoms with van der Waals surface area (Å²) in [5.41, 5.74) is 5.92. The smallest absolute Gasteiger partial charge is 0.318 e. The molecule has 1 atom stereocenters. The normalized spacial score (nSPS) is 12.2. The van der Waals surface area contributed by atoms with Crippen molar-refractivity contribution in [3.8, 4) is 11.3 Å². The van der Waals surface area contributed by atoms with E-state index in [9.17, 15) is 9.59 Å². The van der Waals surface area contributed by atoms with Crippen molar-refractivity contribution in [2.75, 3.05) is 7.05 Å². The Morgan fingerprint density at radius 3 is 2.52 bits per heavy atom. The van der Waals surface area contributed by atoms with E-state index in [0.29, 0.717) is 6.54 Å². The van der Waals surface area contributed by atoms with Crippen LogP contribution in [0.25, 0.3) is 11.3 Å². The molecular weight excluding hydrogens is 362 g/mol. The number of carbonyl (C=O) groups excluding carboxylic acids is 2. The average Bonchev–Trinajstić information content (AvgIpc) is 2.94. The number of likely N-dealkylation sites (N-methyl/N-ethyl adjacent to an activating group) is 1. The molecule has 23 heavy (non-hydrogen) atoms. The van der Waals surface area contributed by atoms with E-state index in [1.165, 1.54) is 0 Å².